The van der Waals surface area contributed by atoms with Crippen molar-refractivity contribution in [1.82, 2.24) is 9.78 Å². The molecule has 4 heteroatoms. The summed E-state index contributed by atoms with van der Waals surface area (Å²) in [6.07, 6.45) is 2.09. The Kier molecular flexibility index (Phi) is 3.73. The highest BCUT2D eigenvalue weighted by Crippen LogP contribution is 2.23. The fourth-order valence-electron chi connectivity index (χ4n) is 1.60. The number of hydrogen-bond donors (Lipinski definition) is 1. The Morgan fingerprint density at radius 2 is 2.12 bits per heavy atom. The van der Waals surface area contributed by atoms with Crippen molar-refractivity contribution in [2.45, 2.75) is 52.5 Å². The number of aromatic carboxylic acids is 1. The molecule has 0 saturated heterocycles. The second-order valence-electron chi connectivity index (χ2n) is 5.05. The fraction of sp³-hybridized carbons (Fsp3) is 0.667. The predicted octanol–water partition coefficient (Wildman–Crippen LogP) is 2.68. The number of carbonyl (C=O) groups is 1. The lowest BCUT2D eigenvalue weighted by atomic mass is 9.92. The highest BCUT2D eigenvalue weighted by atomic mass is 16.4. The van der Waals surface area contributed by atoms with Gasteiger partial charge in [-0.3, -0.25) is 4.68 Å². The van der Waals surface area contributed by atoms with E-state index in [4.69, 9.17) is 5.11 Å². The largest absolute Gasteiger partial charge is 0.476 e. The van der Waals surface area contributed by atoms with Crippen molar-refractivity contribution in [2.75, 3.05) is 0 Å². The second-order valence-corrected chi connectivity index (χ2v) is 5.05. The zero-order chi connectivity index (χ0) is 12.3. The van der Waals surface area contributed by atoms with Crippen LogP contribution in [0.5, 0.6) is 0 Å². The number of hydrogen-bond acceptors (Lipinski definition) is 2. The highest BCUT2D eigenvalue weighted by molar-refractivity contribution is 5.85. The van der Waals surface area contributed by atoms with Gasteiger partial charge in [0.2, 0.25) is 0 Å². The Bertz CT molecular complexity index is 375. The van der Waals surface area contributed by atoms with Crippen LogP contribution < -0.4 is 0 Å². The number of carboxylic acids is 1. The van der Waals surface area contributed by atoms with Crippen LogP contribution in [-0.4, -0.2) is 20.9 Å². The van der Waals surface area contributed by atoms with Crippen molar-refractivity contribution in [3.8, 4) is 0 Å². The smallest absolute Gasteiger partial charge is 0.356 e. The van der Waals surface area contributed by atoms with Gasteiger partial charge in [-0.25, -0.2) is 4.79 Å². The van der Waals surface area contributed by atoms with Gasteiger partial charge in [0.05, 0.1) is 0 Å². The van der Waals surface area contributed by atoms with E-state index in [2.05, 4.69) is 32.8 Å². The average molecular weight is 224 g/mol. The van der Waals surface area contributed by atoms with Gasteiger partial charge < -0.3 is 5.11 Å². The number of unbranched alkanes of at least 4 members (excludes halogenated alkanes) is 1. The Balaban J connectivity index is 3.08. The SMILES string of the molecule is CCCCn1nc(C(=O)O)cc1C(C)(C)C. The van der Waals surface area contributed by atoms with E-state index in [1.165, 1.54) is 0 Å². The third kappa shape index (κ3) is 2.84. The molecule has 1 aromatic heterocycles. The van der Waals surface area contributed by atoms with Crippen LogP contribution >= 0.6 is 0 Å². The maximum absolute atomic E-state index is 10.9. The van der Waals surface area contributed by atoms with E-state index >= 15 is 0 Å². The van der Waals surface area contributed by atoms with Gasteiger partial charge >= 0.3 is 5.97 Å². The van der Waals surface area contributed by atoms with Crippen LogP contribution in [0.25, 0.3) is 0 Å². The Labute approximate surface area is 96.3 Å². The molecular weight excluding hydrogens is 204 g/mol. The number of nitrogens with zero attached hydrogens (tertiary/aromatic N) is 2. The first-order valence-corrected chi connectivity index (χ1v) is 5.68. The number of rotatable bonds is 4. The molecule has 4 nitrogen and oxygen atoms in total. The summed E-state index contributed by atoms with van der Waals surface area (Å²) >= 11 is 0. The van der Waals surface area contributed by atoms with Gasteiger partial charge in [0.25, 0.3) is 0 Å². The molecule has 1 N–H and O–H groups in total. The van der Waals surface area contributed by atoms with E-state index < -0.39 is 5.97 Å². The molecule has 0 radical (unpaired) electrons. The summed E-state index contributed by atoms with van der Waals surface area (Å²) in [5.74, 6) is -0.958. The van der Waals surface area contributed by atoms with Crippen LogP contribution in [0.4, 0.5) is 0 Å². The van der Waals surface area contributed by atoms with E-state index in [0.717, 1.165) is 25.1 Å². The summed E-state index contributed by atoms with van der Waals surface area (Å²) in [5.41, 5.74) is 1.05. The minimum atomic E-state index is -0.958. The van der Waals surface area contributed by atoms with Crippen LogP contribution in [0.1, 0.15) is 56.7 Å². The van der Waals surface area contributed by atoms with Crippen LogP contribution in [-0.2, 0) is 12.0 Å². The quantitative estimate of drug-likeness (QED) is 0.855. The second kappa shape index (κ2) is 4.68. The summed E-state index contributed by atoms with van der Waals surface area (Å²) in [7, 11) is 0. The standard InChI is InChI=1S/C12H20N2O2/c1-5-6-7-14-10(12(2,3)4)8-9(13-14)11(15)16/h8H,5-7H2,1-4H3,(H,15,16). The summed E-state index contributed by atoms with van der Waals surface area (Å²) in [5, 5.41) is 13.1. The van der Waals surface area contributed by atoms with E-state index in [1.807, 2.05) is 4.68 Å². The van der Waals surface area contributed by atoms with Crippen molar-refractivity contribution in [3.05, 3.63) is 17.5 Å². The van der Waals surface area contributed by atoms with Crippen LogP contribution in [0.15, 0.2) is 6.07 Å². The molecule has 0 amide bonds. The van der Waals surface area contributed by atoms with Gasteiger partial charge in [-0.05, 0) is 12.5 Å². The third-order valence-electron chi connectivity index (χ3n) is 2.49. The molecule has 0 atom stereocenters. The number of carboxylic acid groups (broad SMARTS) is 1. The van der Waals surface area contributed by atoms with Crippen molar-refractivity contribution < 1.29 is 9.90 Å². The minimum Gasteiger partial charge on any atom is -0.476 e. The first-order valence-electron chi connectivity index (χ1n) is 5.68. The van der Waals surface area contributed by atoms with Gasteiger partial charge in [0.15, 0.2) is 5.69 Å². The minimum absolute atomic E-state index is 0.0750. The zero-order valence-electron chi connectivity index (χ0n) is 10.4. The molecule has 1 aromatic rings. The number of aromatic nitrogens is 2. The van der Waals surface area contributed by atoms with Crippen molar-refractivity contribution in [2.24, 2.45) is 0 Å². The number of aryl methyl sites for hydroxylation is 1. The maximum Gasteiger partial charge on any atom is 0.356 e. The molecule has 0 aliphatic heterocycles. The molecule has 0 spiro atoms. The Morgan fingerprint density at radius 1 is 1.50 bits per heavy atom. The van der Waals surface area contributed by atoms with Gasteiger partial charge in [0.1, 0.15) is 0 Å². The van der Waals surface area contributed by atoms with Crippen molar-refractivity contribution in [3.63, 3.8) is 0 Å². The Morgan fingerprint density at radius 3 is 2.56 bits per heavy atom. The molecule has 0 aromatic carbocycles. The molecule has 0 aliphatic carbocycles. The lowest BCUT2D eigenvalue weighted by molar-refractivity contribution is 0.0689. The van der Waals surface area contributed by atoms with E-state index in [1.54, 1.807) is 6.07 Å². The van der Waals surface area contributed by atoms with E-state index in [-0.39, 0.29) is 11.1 Å². The van der Waals surface area contributed by atoms with Crippen LogP contribution in [0, 0.1) is 0 Å². The topological polar surface area (TPSA) is 55.1 Å². The lowest BCUT2D eigenvalue weighted by Crippen LogP contribution is -2.18. The van der Waals surface area contributed by atoms with Gasteiger partial charge in [-0.15, -0.1) is 0 Å². The van der Waals surface area contributed by atoms with Gasteiger partial charge in [0, 0.05) is 17.7 Å². The molecular formula is C12H20N2O2. The van der Waals surface area contributed by atoms with Crippen molar-refractivity contribution in [1.29, 1.82) is 0 Å². The Hall–Kier alpha value is -1.32. The van der Waals surface area contributed by atoms with E-state index in [0.29, 0.717) is 0 Å². The first kappa shape index (κ1) is 12.7. The van der Waals surface area contributed by atoms with Crippen LogP contribution in [0.3, 0.4) is 0 Å². The van der Waals surface area contributed by atoms with Gasteiger partial charge in [-0.2, -0.15) is 5.10 Å². The zero-order valence-corrected chi connectivity index (χ0v) is 10.4. The molecule has 90 valence electrons. The van der Waals surface area contributed by atoms with Crippen molar-refractivity contribution >= 4 is 5.97 Å². The molecule has 0 saturated carbocycles. The monoisotopic (exact) mass is 224 g/mol. The summed E-state index contributed by atoms with van der Waals surface area (Å²) < 4.78 is 1.83. The maximum atomic E-state index is 10.9. The summed E-state index contributed by atoms with van der Waals surface area (Å²) in [6.45, 7) is 9.10. The van der Waals surface area contributed by atoms with Gasteiger partial charge in [-0.1, -0.05) is 34.1 Å². The molecule has 16 heavy (non-hydrogen) atoms. The molecule has 0 unspecified atom stereocenters. The average Bonchev–Trinajstić information content (AvgIpc) is 2.57. The highest BCUT2D eigenvalue weighted by Gasteiger charge is 2.22. The first-order chi connectivity index (χ1) is 7.36. The predicted molar refractivity (Wildman–Crippen MR) is 62.8 cm³/mol. The summed E-state index contributed by atoms with van der Waals surface area (Å²) in [6, 6.07) is 1.68. The molecule has 0 aliphatic rings. The third-order valence-corrected chi connectivity index (χ3v) is 2.49. The summed E-state index contributed by atoms with van der Waals surface area (Å²) in [4.78, 5) is 10.9. The fourth-order valence-corrected chi connectivity index (χ4v) is 1.60. The molecule has 0 bridgehead atoms. The molecule has 1 heterocycles. The normalized spacial score (nSPS) is 11.8. The lowest BCUT2D eigenvalue weighted by Gasteiger charge is -2.19. The molecule has 1 rings (SSSR count). The van der Waals surface area contributed by atoms with Crippen LogP contribution in [0.2, 0.25) is 0 Å². The van der Waals surface area contributed by atoms with E-state index in [9.17, 15) is 4.79 Å². The molecule has 0 fully saturated rings.